The Balaban J connectivity index is 1.68. The molecule has 1 atom stereocenters. The fourth-order valence-corrected chi connectivity index (χ4v) is 3.43. The number of imidazole rings is 1. The number of aromatic amines is 1. The van der Waals surface area contributed by atoms with E-state index in [1.165, 1.54) is 0 Å². The van der Waals surface area contributed by atoms with Crippen molar-refractivity contribution in [3.63, 3.8) is 0 Å². The van der Waals surface area contributed by atoms with Crippen LogP contribution >= 0.6 is 0 Å². The molecule has 3 aromatic rings. The maximum Gasteiger partial charge on any atom is 0.322 e. The van der Waals surface area contributed by atoms with Crippen LogP contribution in [0, 0.1) is 13.8 Å². The van der Waals surface area contributed by atoms with Gasteiger partial charge in [0.2, 0.25) is 0 Å². The van der Waals surface area contributed by atoms with E-state index in [2.05, 4.69) is 20.3 Å². The van der Waals surface area contributed by atoms with Gasteiger partial charge in [-0.05, 0) is 42.7 Å². The van der Waals surface area contributed by atoms with Crippen LogP contribution in [-0.2, 0) is 6.42 Å². The largest absolute Gasteiger partial charge is 0.348 e. The van der Waals surface area contributed by atoms with Crippen LogP contribution in [-0.4, -0.2) is 32.4 Å². The van der Waals surface area contributed by atoms with Gasteiger partial charge in [0.15, 0.2) is 0 Å². The number of nitrogens with one attached hydrogen (secondary N) is 2. The summed E-state index contributed by atoms with van der Waals surface area (Å²) >= 11 is 0. The number of pyridine rings is 1. The lowest BCUT2D eigenvalue weighted by Crippen LogP contribution is -2.43. The second-order valence-corrected chi connectivity index (χ2v) is 6.65. The number of fused-ring (bicyclic) bond motifs is 1. The fraction of sp³-hybridized carbons (Fsp3) is 0.250. The van der Waals surface area contributed by atoms with Gasteiger partial charge in [0.1, 0.15) is 6.04 Å². The summed E-state index contributed by atoms with van der Waals surface area (Å²) in [7, 11) is 0. The summed E-state index contributed by atoms with van der Waals surface area (Å²) in [5.74, 6) is 0. The Morgan fingerprint density at radius 1 is 1.31 bits per heavy atom. The molecule has 0 radical (unpaired) electrons. The van der Waals surface area contributed by atoms with Crippen LogP contribution in [0.2, 0.25) is 0 Å². The number of anilines is 1. The van der Waals surface area contributed by atoms with Crippen LogP contribution in [0.3, 0.4) is 0 Å². The highest BCUT2D eigenvalue weighted by molar-refractivity contribution is 5.91. The van der Waals surface area contributed by atoms with E-state index >= 15 is 0 Å². The van der Waals surface area contributed by atoms with Gasteiger partial charge in [0.25, 0.3) is 0 Å². The molecule has 6 nitrogen and oxygen atoms in total. The van der Waals surface area contributed by atoms with E-state index in [1.807, 2.05) is 49.1 Å². The number of aryl methyl sites for hydroxylation is 2. The topological polar surface area (TPSA) is 73.9 Å². The lowest BCUT2D eigenvalue weighted by Gasteiger charge is -2.35. The van der Waals surface area contributed by atoms with Crippen molar-refractivity contribution in [2.45, 2.75) is 26.3 Å². The average Bonchev–Trinajstić information content (AvgIpc) is 3.13. The minimum absolute atomic E-state index is 0.124. The Bertz CT molecular complexity index is 934. The molecule has 6 heteroatoms. The zero-order valence-corrected chi connectivity index (χ0v) is 14.9. The second kappa shape index (κ2) is 6.63. The summed E-state index contributed by atoms with van der Waals surface area (Å²) in [5.41, 5.74) is 5.92. The highest BCUT2D eigenvalue weighted by atomic mass is 16.2. The highest BCUT2D eigenvalue weighted by Crippen LogP contribution is 2.33. The number of amides is 2. The molecule has 0 saturated heterocycles. The van der Waals surface area contributed by atoms with E-state index in [-0.39, 0.29) is 12.1 Å². The summed E-state index contributed by atoms with van der Waals surface area (Å²) in [6.45, 7) is 4.63. The number of rotatable bonds is 2. The number of H-pyrrole nitrogens is 1. The molecule has 0 spiro atoms. The molecule has 1 unspecified atom stereocenters. The molecule has 26 heavy (non-hydrogen) atoms. The number of aromatic nitrogens is 3. The summed E-state index contributed by atoms with van der Waals surface area (Å²) in [4.78, 5) is 26.8. The van der Waals surface area contributed by atoms with Crippen LogP contribution in [0.15, 0.2) is 49.1 Å². The average molecular weight is 347 g/mol. The van der Waals surface area contributed by atoms with Gasteiger partial charge in [-0.2, -0.15) is 0 Å². The molecule has 132 valence electrons. The molecule has 0 bridgehead atoms. The minimum atomic E-state index is -0.246. The standard InChI is InChI=1S/C20H21N5O/c1-13-5-6-14(2)17(10-13)24-20(26)25-9-7-16-18(23-12-22-16)19(25)15-4-3-8-21-11-15/h3-6,8,10-12,19H,7,9H2,1-2H3,(H,22,23)(H,24,26). The molecule has 3 heterocycles. The number of carbonyl (C=O) groups is 1. The third-order valence-corrected chi connectivity index (χ3v) is 4.82. The number of carbonyl (C=O) groups excluding carboxylic acids is 1. The summed E-state index contributed by atoms with van der Waals surface area (Å²) in [6, 6.07) is 9.56. The lowest BCUT2D eigenvalue weighted by molar-refractivity contribution is 0.192. The van der Waals surface area contributed by atoms with Crippen LogP contribution in [0.1, 0.15) is 34.1 Å². The molecule has 1 aromatic carbocycles. The Kier molecular flexibility index (Phi) is 4.16. The van der Waals surface area contributed by atoms with Crippen molar-refractivity contribution in [2.24, 2.45) is 0 Å². The van der Waals surface area contributed by atoms with Crippen molar-refractivity contribution in [1.29, 1.82) is 0 Å². The third kappa shape index (κ3) is 2.94. The summed E-state index contributed by atoms with van der Waals surface area (Å²) in [6.07, 6.45) is 5.98. The zero-order valence-electron chi connectivity index (χ0n) is 14.9. The molecule has 1 aliphatic heterocycles. The third-order valence-electron chi connectivity index (χ3n) is 4.82. The number of hydrogen-bond acceptors (Lipinski definition) is 3. The number of hydrogen-bond donors (Lipinski definition) is 2. The quantitative estimate of drug-likeness (QED) is 0.744. The predicted molar refractivity (Wildman–Crippen MR) is 100 cm³/mol. The van der Waals surface area contributed by atoms with Gasteiger partial charge in [-0.25, -0.2) is 9.78 Å². The van der Waals surface area contributed by atoms with Crippen molar-refractivity contribution in [3.05, 3.63) is 77.1 Å². The first-order valence-corrected chi connectivity index (χ1v) is 8.70. The van der Waals surface area contributed by atoms with E-state index in [0.29, 0.717) is 6.54 Å². The molecule has 2 aromatic heterocycles. The van der Waals surface area contributed by atoms with Crippen molar-refractivity contribution in [3.8, 4) is 0 Å². The van der Waals surface area contributed by atoms with Crippen molar-refractivity contribution in [1.82, 2.24) is 19.9 Å². The van der Waals surface area contributed by atoms with Crippen molar-refractivity contribution in [2.75, 3.05) is 11.9 Å². The predicted octanol–water partition coefficient (Wildman–Crippen LogP) is 3.60. The Morgan fingerprint density at radius 3 is 3.00 bits per heavy atom. The molecule has 0 aliphatic carbocycles. The van der Waals surface area contributed by atoms with Gasteiger partial charge < -0.3 is 15.2 Å². The maximum atomic E-state index is 13.1. The van der Waals surface area contributed by atoms with Gasteiger partial charge in [-0.3, -0.25) is 4.98 Å². The number of urea groups is 1. The minimum Gasteiger partial charge on any atom is -0.348 e. The highest BCUT2D eigenvalue weighted by Gasteiger charge is 2.34. The first-order chi connectivity index (χ1) is 12.6. The molecular formula is C20H21N5O. The van der Waals surface area contributed by atoms with E-state index in [4.69, 9.17) is 0 Å². The Hall–Kier alpha value is -3.15. The molecule has 2 N–H and O–H groups in total. The van der Waals surface area contributed by atoms with E-state index < -0.39 is 0 Å². The molecule has 1 aliphatic rings. The van der Waals surface area contributed by atoms with Gasteiger partial charge in [-0.1, -0.05) is 18.2 Å². The van der Waals surface area contributed by atoms with Gasteiger partial charge in [-0.15, -0.1) is 0 Å². The number of nitrogens with zero attached hydrogens (tertiary/aromatic N) is 3. The SMILES string of the molecule is Cc1ccc(C)c(NC(=O)N2CCc3[nH]cnc3C2c2cccnc2)c1. The molecule has 0 saturated carbocycles. The molecular weight excluding hydrogens is 326 g/mol. The first-order valence-electron chi connectivity index (χ1n) is 8.70. The van der Waals surface area contributed by atoms with Crippen LogP contribution < -0.4 is 5.32 Å². The summed E-state index contributed by atoms with van der Waals surface area (Å²) < 4.78 is 0. The van der Waals surface area contributed by atoms with Crippen LogP contribution in [0.25, 0.3) is 0 Å². The number of benzene rings is 1. The zero-order chi connectivity index (χ0) is 18.1. The van der Waals surface area contributed by atoms with Crippen molar-refractivity contribution >= 4 is 11.7 Å². The van der Waals surface area contributed by atoms with E-state index in [9.17, 15) is 4.79 Å². The maximum absolute atomic E-state index is 13.1. The smallest absolute Gasteiger partial charge is 0.322 e. The Labute approximate surface area is 152 Å². The van der Waals surface area contributed by atoms with Crippen LogP contribution in [0.4, 0.5) is 10.5 Å². The van der Waals surface area contributed by atoms with Crippen molar-refractivity contribution < 1.29 is 4.79 Å². The normalized spacial score (nSPS) is 16.2. The second-order valence-electron chi connectivity index (χ2n) is 6.65. The molecule has 2 amide bonds. The lowest BCUT2D eigenvalue weighted by atomic mass is 9.97. The molecule has 0 fully saturated rings. The van der Waals surface area contributed by atoms with Crippen LogP contribution in [0.5, 0.6) is 0 Å². The van der Waals surface area contributed by atoms with Gasteiger partial charge in [0.05, 0.1) is 12.0 Å². The molecule has 4 rings (SSSR count). The van der Waals surface area contributed by atoms with Gasteiger partial charge in [0, 0.05) is 36.7 Å². The Morgan fingerprint density at radius 2 is 2.19 bits per heavy atom. The fourth-order valence-electron chi connectivity index (χ4n) is 3.43. The van der Waals surface area contributed by atoms with E-state index in [0.717, 1.165) is 40.2 Å². The monoisotopic (exact) mass is 347 g/mol. The van der Waals surface area contributed by atoms with Gasteiger partial charge >= 0.3 is 6.03 Å². The van der Waals surface area contributed by atoms with E-state index in [1.54, 1.807) is 18.7 Å². The first kappa shape index (κ1) is 16.3. The summed E-state index contributed by atoms with van der Waals surface area (Å²) in [5, 5.41) is 3.07.